The summed E-state index contributed by atoms with van der Waals surface area (Å²) in [6.07, 6.45) is -1.35. The van der Waals surface area contributed by atoms with Crippen LogP contribution in [-0.4, -0.2) is 15.7 Å². The van der Waals surface area contributed by atoms with Crippen molar-refractivity contribution in [2.75, 3.05) is 0 Å². The van der Waals surface area contributed by atoms with Crippen LogP contribution in [0, 0.1) is 0 Å². The quantitative estimate of drug-likeness (QED) is 0.535. The molecule has 0 saturated carbocycles. The summed E-state index contributed by atoms with van der Waals surface area (Å²) in [7, 11) is 0. The molecule has 0 aliphatic rings. The first-order chi connectivity index (χ1) is 11.4. The Morgan fingerprint density at radius 2 is 1.83 bits per heavy atom. The smallest absolute Gasteiger partial charge is 0.419 e. The average molecular weight is 332 g/mol. The monoisotopic (exact) mass is 332 g/mol. The van der Waals surface area contributed by atoms with Gasteiger partial charge in [0.05, 0.1) is 16.8 Å². The number of carbonyl (C=O) groups excluding carboxylic acids is 1. The number of benzene rings is 2. The Kier molecular flexibility index (Phi) is 4.07. The van der Waals surface area contributed by atoms with Gasteiger partial charge in [-0.15, -0.1) is 0 Å². The third-order valence-corrected chi connectivity index (χ3v) is 3.25. The van der Waals surface area contributed by atoms with Gasteiger partial charge in [0.25, 0.3) is 0 Å². The zero-order valence-electron chi connectivity index (χ0n) is 12.2. The summed E-state index contributed by atoms with van der Waals surface area (Å²) in [5, 5.41) is 4.03. The van der Waals surface area contributed by atoms with Gasteiger partial charge >= 0.3 is 12.1 Å². The molecule has 0 radical (unpaired) electrons. The molecule has 0 atom stereocenters. The van der Waals surface area contributed by atoms with E-state index in [9.17, 15) is 18.0 Å². The second-order valence-electron chi connectivity index (χ2n) is 4.88. The van der Waals surface area contributed by atoms with Gasteiger partial charge in [-0.05, 0) is 36.4 Å². The fourth-order valence-electron chi connectivity index (χ4n) is 2.15. The van der Waals surface area contributed by atoms with Crippen LogP contribution >= 0.6 is 0 Å². The molecule has 24 heavy (non-hydrogen) atoms. The molecular formula is C17H11F3N2O2. The summed E-state index contributed by atoms with van der Waals surface area (Å²) < 4.78 is 45.3. The molecule has 0 aliphatic heterocycles. The fourth-order valence-corrected chi connectivity index (χ4v) is 2.15. The van der Waals surface area contributed by atoms with E-state index in [1.165, 1.54) is 28.9 Å². The summed E-state index contributed by atoms with van der Waals surface area (Å²) in [4.78, 5) is 12.2. The van der Waals surface area contributed by atoms with E-state index in [1.54, 1.807) is 30.6 Å². The molecule has 4 nitrogen and oxygen atoms in total. The van der Waals surface area contributed by atoms with E-state index in [0.717, 1.165) is 12.1 Å². The van der Waals surface area contributed by atoms with Gasteiger partial charge in [0.1, 0.15) is 5.75 Å². The molecule has 0 bridgehead atoms. The predicted octanol–water partition coefficient (Wildman–Crippen LogP) is 4.11. The van der Waals surface area contributed by atoms with Crippen LogP contribution in [-0.2, 0) is 6.18 Å². The van der Waals surface area contributed by atoms with E-state index in [4.69, 9.17) is 4.74 Å². The molecule has 3 rings (SSSR count). The summed E-state index contributed by atoms with van der Waals surface area (Å²) in [6, 6.07) is 12.6. The molecule has 1 heterocycles. The maximum Gasteiger partial charge on any atom is 0.419 e. The molecule has 0 fully saturated rings. The van der Waals surface area contributed by atoms with Gasteiger partial charge in [-0.1, -0.05) is 18.2 Å². The molecule has 0 saturated heterocycles. The van der Waals surface area contributed by atoms with Crippen molar-refractivity contribution in [2.45, 2.75) is 6.18 Å². The number of aromatic nitrogens is 2. The molecule has 0 unspecified atom stereocenters. The molecule has 0 aliphatic carbocycles. The fraction of sp³-hybridized carbons (Fsp3) is 0.0588. The topological polar surface area (TPSA) is 44.1 Å². The maximum atomic E-state index is 12.9. The first kappa shape index (κ1) is 15.8. The zero-order chi connectivity index (χ0) is 17.2. The number of carbonyl (C=O) groups is 1. The number of halogens is 3. The van der Waals surface area contributed by atoms with Crippen LogP contribution in [0.3, 0.4) is 0 Å². The molecule has 1 aromatic heterocycles. The van der Waals surface area contributed by atoms with E-state index in [1.807, 2.05) is 0 Å². The summed E-state index contributed by atoms with van der Waals surface area (Å²) in [6.45, 7) is 0. The molecule has 0 N–H and O–H groups in total. The molecule has 2 aromatic carbocycles. The Hall–Kier alpha value is -3.09. The van der Waals surface area contributed by atoms with Gasteiger partial charge in [0, 0.05) is 12.4 Å². The number of hydrogen-bond acceptors (Lipinski definition) is 3. The highest BCUT2D eigenvalue weighted by Gasteiger charge is 2.34. The number of hydrogen-bond donors (Lipinski definition) is 0. The van der Waals surface area contributed by atoms with Crippen LogP contribution in [0.4, 0.5) is 13.2 Å². The lowest BCUT2D eigenvalue weighted by Crippen LogP contribution is -2.14. The lowest BCUT2D eigenvalue weighted by molar-refractivity contribution is -0.138. The third-order valence-electron chi connectivity index (χ3n) is 3.25. The van der Waals surface area contributed by atoms with E-state index in [2.05, 4.69) is 5.10 Å². The van der Waals surface area contributed by atoms with Crippen molar-refractivity contribution in [2.24, 2.45) is 0 Å². The molecule has 7 heteroatoms. The average Bonchev–Trinajstić information content (AvgIpc) is 3.09. The van der Waals surface area contributed by atoms with Crippen molar-refractivity contribution in [3.63, 3.8) is 0 Å². The van der Waals surface area contributed by atoms with Crippen LogP contribution in [0.25, 0.3) is 5.69 Å². The standard InChI is InChI=1S/C17H11F3N2O2/c18-17(19,20)14-7-1-2-8-15(14)24-16(23)12-5-3-6-13(11-12)22-10-4-9-21-22/h1-11H. The van der Waals surface area contributed by atoms with Gasteiger partial charge < -0.3 is 4.74 Å². The van der Waals surface area contributed by atoms with Crippen LogP contribution in [0.15, 0.2) is 67.0 Å². The number of para-hydroxylation sites is 1. The Morgan fingerprint density at radius 1 is 1.04 bits per heavy atom. The molecule has 0 spiro atoms. The largest absolute Gasteiger partial charge is 0.422 e. The van der Waals surface area contributed by atoms with Crippen LogP contribution < -0.4 is 4.74 Å². The molecule has 122 valence electrons. The van der Waals surface area contributed by atoms with E-state index < -0.39 is 23.5 Å². The normalized spacial score (nSPS) is 11.3. The minimum Gasteiger partial charge on any atom is -0.422 e. The Labute approximate surface area is 135 Å². The Bertz CT molecular complexity index is 858. The summed E-state index contributed by atoms with van der Waals surface area (Å²) in [5.74, 6) is -1.40. The molecule has 3 aromatic rings. The van der Waals surface area contributed by atoms with Crippen LogP contribution in [0.1, 0.15) is 15.9 Å². The highest BCUT2D eigenvalue weighted by Crippen LogP contribution is 2.36. The first-order valence-corrected chi connectivity index (χ1v) is 6.93. The maximum absolute atomic E-state index is 12.9. The Morgan fingerprint density at radius 3 is 2.54 bits per heavy atom. The zero-order valence-corrected chi connectivity index (χ0v) is 12.2. The predicted molar refractivity (Wildman–Crippen MR) is 80.0 cm³/mol. The van der Waals surface area contributed by atoms with Crippen molar-refractivity contribution in [1.82, 2.24) is 9.78 Å². The van der Waals surface area contributed by atoms with E-state index >= 15 is 0 Å². The van der Waals surface area contributed by atoms with E-state index in [0.29, 0.717) is 5.69 Å². The van der Waals surface area contributed by atoms with Crippen molar-refractivity contribution >= 4 is 5.97 Å². The van der Waals surface area contributed by atoms with Crippen molar-refractivity contribution in [1.29, 1.82) is 0 Å². The minimum atomic E-state index is -4.60. The first-order valence-electron chi connectivity index (χ1n) is 6.93. The second kappa shape index (κ2) is 6.19. The van der Waals surface area contributed by atoms with Crippen molar-refractivity contribution < 1.29 is 22.7 Å². The minimum absolute atomic E-state index is 0.125. The lowest BCUT2D eigenvalue weighted by atomic mass is 10.2. The second-order valence-corrected chi connectivity index (χ2v) is 4.88. The SMILES string of the molecule is O=C(Oc1ccccc1C(F)(F)F)c1cccc(-n2cccn2)c1. The lowest BCUT2D eigenvalue weighted by Gasteiger charge is -2.12. The number of nitrogens with zero attached hydrogens (tertiary/aromatic N) is 2. The Balaban J connectivity index is 1.88. The van der Waals surface area contributed by atoms with Gasteiger partial charge in [0.15, 0.2) is 0 Å². The summed E-state index contributed by atoms with van der Waals surface area (Å²) in [5.41, 5.74) is -0.278. The van der Waals surface area contributed by atoms with Gasteiger partial charge in [-0.3, -0.25) is 0 Å². The highest BCUT2D eigenvalue weighted by molar-refractivity contribution is 5.91. The molecular weight excluding hydrogens is 321 g/mol. The third kappa shape index (κ3) is 3.29. The van der Waals surface area contributed by atoms with Gasteiger partial charge in [-0.2, -0.15) is 18.3 Å². The number of alkyl halides is 3. The van der Waals surface area contributed by atoms with Crippen LogP contribution in [0.5, 0.6) is 5.75 Å². The van der Waals surface area contributed by atoms with Gasteiger partial charge in [-0.25, -0.2) is 9.48 Å². The number of ether oxygens (including phenoxy) is 1. The number of esters is 1. The van der Waals surface area contributed by atoms with Gasteiger partial charge in [0.2, 0.25) is 0 Å². The van der Waals surface area contributed by atoms with E-state index in [-0.39, 0.29) is 5.56 Å². The van der Waals surface area contributed by atoms with Crippen molar-refractivity contribution in [3.05, 3.63) is 78.1 Å². The van der Waals surface area contributed by atoms with Crippen LogP contribution in [0.2, 0.25) is 0 Å². The highest BCUT2D eigenvalue weighted by atomic mass is 19.4. The van der Waals surface area contributed by atoms with Crippen molar-refractivity contribution in [3.8, 4) is 11.4 Å². The number of rotatable bonds is 3. The summed E-state index contributed by atoms with van der Waals surface area (Å²) >= 11 is 0. The molecule has 0 amide bonds.